The average molecular weight is 795 g/mol. The average Bonchev–Trinajstić information content (AvgIpc) is 3.35. The van der Waals surface area contributed by atoms with Gasteiger partial charge in [0, 0.05) is 40.4 Å². The Labute approximate surface area is 365 Å². The quantitative estimate of drug-likeness (QED) is 0.144. The third-order valence-electron chi connectivity index (χ3n) is 12.0. The monoisotopic (exact) mass is 794 g/mol. The van der Waals surface area contributed by atoms with Gasteiger partial charge in [-0.15, -0.1) is 0 Å². The first-order chi connectivity index (χ1) is 30.6. The molecule has 8 aromatic carbocycles. The summed E-state index contributed by atoms with van der Waals surface area (Å²) in [4.78, 5) is 4.67. The first-order valence-corrected chi connectivity index (χ1v) is 21.4. The highest BCUT2D eigenvalue weighted by Crippen LogP contribution is 2.41. The van der Waals surface area contributed by atoms with E-state index in [9.17, 15) is 0 Å². The maximum Gasteiger partial charge on any atom is 0.0533 e. The van der Waals surface area contributed by atoms with E-state index in [1.807, 2.05) is 0 Å². The number of fused-ring (bicyclic) bond motifs is 1. The Hall–Kier alpha value is -7.94. The minimum atomic E-state index is 0.255. The van der Waals surface area contributed by atoms with E-state index < -0.39 is 0 Å². The summed E-state index contributed by atoms with van der Waals surface area (Å²) in [6.07, 6.45) is 14.5. The van der Waals surface area contributed by atoms with Crippen LogP contribution in [0.3, 0.4) is 0 Å². The summed E-state index contributed by atoms with van der Waals surface area (Å²) in [7, 11) is 0. The van der Waals surface area contributed by atoms with Crippen LogP contribution < -0.4 is 9.80 Å². The molecule has 0 aromatic heterocycles. The topological polar surface area (TPSA) is 6.48 Å². The Morgan fingerprint density at radius 3 is 1.40 bits per heavy atom. The third-order valence-corrected chi connectivity index (χ3v) is 12.0. The molecule has 0 bridgehead atoms. The maximum atomic E-state index is 4.61. The van der Waals surface area contributed by atoms with Crippen LogP contribution in [0.1, 0.15) is 29.0 Å². The third kappa shape index (κ3) is 8.02. The molecule has 0 saturated carbocycles. The molecule has 0 amide bonds. The molecule has 2 heteroatoms. The van der Waals surface area contributed by atoms with Crippen LogP contribution >= 0.6 is 0 Å². The number of benzene rings is 8. The van der Waals surface area contributed by atoms with Crippen molar-refractivity contribution in [3.8, 4) is 33.4 Å². The molecule has 1 aliphatic carbocycles. The molecular formula is C60H46N2. The van der Waals surface area contributed by atoms with Crippen molar-refractivity contribution in [2.75, 3.05) is 9.80 Å². The fraction of sp³-hybridized carbons (Fsp3) is 0.0333. The summed E-state index contributed by atoms with van der Waals surface area (Å²) in [5, 5.41) is 0. The standard InChI is InChI=1S/C60H46N2/c1-44-42-54(48-20-12-5-13-21-48)40-41-61(60-39-30-53(43-59(44)60)47-18-10-4-11-19-47)55-31-22-51(23-32-55)52-28-37-58(38-29-52)62(56-33-24-49(25-34-56)45-14-6-2-7-15-45)57-35-26-50(27-36-57)46-16-8-3-9-17-46/h2-22,24-43,51H,1,23H2/b41-40-,54-42+. The van der Waals surface area contributed by atoms with Gasteiger partial charge in [0.2, 0.25) is 0 Å². The Kier molecular flexibility index (Phi) is 10.7. The van der Waals surface area contributed by atoms with Crippen LogP contribution in [0.4, 0.5) is 22.7 Å². The van der Waals surface area contributed by atoms with Crippen molar-refractivity contribution in [2.24, 2.45) is 0 Å². The molecule has 0 saturated heterocycles. The minimum absolute atomic E-state index is 0.255. The van der Waals surface area contributed by atoms with Gasteiger partial charge in [0.05, 0.1) is 5.69 Å². The van der Waals surface area contributed by atoms with Crippen LogP contribution in [0.2, 0.25) is 0 Å². The predicted octanol–water partition coefficient (Wildman–Crippen LogP) is 16.2. The highest BCUT2D eigenvalue weighted by Gasteiger charge is 2.21. The highest BCUT2D eigenvalue weighted by molar-refractivity contribution is 5.94. The molecule has 8 aromatic rings. The van der Waals surface area contributed by atoms with Gasteiger partial charge in [-0.3, -0.25) is 0 Å². The molecule has 0 N–H and O–H groups in total. The minimum Gasteiger partial charge on any atom is -0.317 e. The van der Waals surface area contributed by atoms with E-state index >= 15 is 0 Å². The summed E-state index contributed by atoms with van der Waals surface area (Å²) in [5.41, 5.74) is 18.5. The molecular weight excluding hydrogens is 749 g/mol. The molecule has 0 radical (unpaired) electrons. The molecule has 296 valence electrons. The van der Waals surface area contributed by atoms with E-state index in [4.69, 9.17) is 0 Å². The van der Waals surface area contributed by atoms with Gasteiger partial charge in [0.25, 0.3) is 0 Å². The van der Waals surface area contributed by atoms with Crippen molar-refractivity contribution < 1.29 is 0 Å². The lowest BCUT2D eigenvalue weighted by molar-refractivity contribution is 0.839. The van der Waals surface area contributed by atoms with Crippen LogP contribution in [0.15, 0.2) is 261 Å². The summed E-state index contributed by atoms with van der Waals surface area (Å²) < 4.78 is 0. The molecule has 1 heterocycles. The molecule has 2 nitrogen and oxygen atoms in total. The van der Waals surface area contributed by atoms with Crippen molar-refractivity contribution >= 4 is 33.9 Å². The molecule has 62 heavy (non-hydrogen) atoms. The van der Waals surface area contributed by atoms with E-state index in [-0.39, 0.29) is 5.92 Å². The Balaban J connectivity index is 0.941. The first-order valence-electron chi connectivity index (χ1n) is 21.4. The Morgan fingerprint density at radius 1 is 0.452 bits per heavy atom. The smallest absolute Gasteiger partial charge is 0.0533 e. The summed E-state index contributed by atoms with van der Waals surface area (Å²) in [6, 6.07) is 75.9. The zero-order chi connectivity index (χ0) is 41.7. The van der Waals surface area contributed by atoms with Crippen LogP contribution in [0, 0.1) is 0 Å². The lowest BCUT2D eigenvalue weighted by Crippen LogP contribution is -2.18. The second-order valence-electron chi connectivity index (χ2n) is 15.9. The number of anilines is 4. The lowest BCUT2D eigenvalue weighted by atomic mass is 9.90. The molecule has 0 fully saturated rings. The van der Waals surface area contributed by atoms with Gasteiger partial charge < -0.3 is 9.80 Å². The lowest BCUT2D eigenvalue weighted by Gasteiger charge is -2.30. The fourth-order valence-electron chi connectivity index (χ4n) is 8.62. The first kappa shape index (κ1) is 38.3. The summed E-state index contributed by atoms with van der Waals surface area (Å²) in [5.74, 6) is 0.255. The van der Waals surface area contributed by atoms with Gasteiger partial charge in [-0.2, -0.15) is 0 Å². The molecule has 2 aliphatic rings. The normalized spacial score (nSPS) is 16.0. The SMILES string of the molecule is C=C1/C=C(c2ccccc2)\C=C/N(C2=CCC(c3ccc(N(c4ccc(-c5ccccc5)cc4)c4ccc(-c5ccccc5)cc4)cc3)C=C2)c2ccc(-c3ccccc3)cc21. The fourth-order valence-corrected chi connectivity index (χ4v) is 8.62. The number of rotatable bonds is 9. The zero-order valence-electron chi connectivity index (χ0n) is 34.6. The van der Waals surface area contributed by atoms with Crippen LogP contribution in [0.5, 0.6) is 0 Å². The summed E-state index contributed by atoms with van der Waals surface area (Å²) in [6.45, 7) is 4.61. The molecule has 1 atom stereocenters. The van der Waals surface area contributed by atoms with Crippen molar-refractivity contribution in [2.45, 2.75) is 12.3 Å². The van der Waals surface area contributed by atoms with Crippen LogP contribution in [0.25, 0.3) is 44.5 Å². The van der Waals surface area contributed by atoms with Gasteiger partial charge in [-0.25, -0.2) is 0 Å². The van der Waals surface area contributed by atoms with Crippen molar-refractivity contribution in [1.29, 1.82) is 0 Å². The van der Waals surface area contributed by atoms with Crippen LogP contribution in [-0.2, 0) is 0 Å². The highest BCUT2D eigenvalue weighted by atomic mass is 15.1. The molecule has 0 spiro atoms. The largest absolute Gasteiger partial charge is 0.317 e. The van der Waals surface area contributed by atoms with Gasteiger partial charge in [0.15, 0.2) is 0 Å². The zero-order valence-corrected chi connectivity index (χ0v) is 34.6. The number of allylic oxidation sites excluding steroid dienone is 7. The second-order valence-corrected chi connectivity index (χ2v) is 15.9. The van der Waals surface area contributed by atoms with Gasteiger partial charge in [-0.1, -0.05) is 183 Å². The van der Waals surface area contributed by atoms with E-state index in [1.54, 1.807) is 0 Å². The molecule has 10 rings (SSSR count). The second kappa shape index (κ2) is 17.3. The van der Waals surface area contributed by atoms with E-state index in [2.05, 4.69) is 265 Å². The number of hydrogen-bond acceptors (Lipinski definition) is 2. The van der Waals surface area contributed by atoms with Gasteiger partial charge >= 0.3 is 0 Å². The Morgan fingerprint density at radius 2 is 0.903 bits per heavy atom. The van der Waals surface area contributed by atoms with Gasteiger partial charge in [-0.05, 0) is 129 Å². The predicted molar refractivity (Wildman–Crippen MR) is 264 cm³/mol. The Bertz CT molecular complexity index is 2860. The van der Waals surface area contributed by atoms with E-state index in [0.717, 1.165) is 57.1 Å². The number of hydrogen-bond donors (Lipinski definition) is 0. The van der Waals surface area contributed by atoms with E-state index in [0.29, 0.717) is 0 Å². The van der Waals surface area contributed by atoms with Crippen molar-refractivity contribution in [3.05, 3.63) is 278 Å². The van der Waals surface area contributed by atoms with E-state index in [1.165, 1.54) is 38.9 Å². The van der Waals surface area contributed by atoms with Crippen LogP contribution in [-0.4, -0.2) is 0 Å². The van der Waals surface area contributed by atoms with Gasteiger partial charge in [0.1, 0.15) is 0 Å². The van der Waals surface area contributed by atoms with Crippen molar-refractivity contribution in [3.63, 3.8) is 0 Å². The molecule has 1 unspecified atom stereocenters. The maximum absolute atomic E-state index is 4.61. The molecule has 1 aliphatic heterocycles. The van der Waals surface area contributed by atoms with Crippen molar-refractivity contribution in [1.82, 2.24) is 0 Å². The number of nitrogens with zero attached hydrogens (tertiary/aromatic N) is 2. The summed E-state index contributed by atoms with van der Waals surface area (Å²) >= 11 is 0.